The second-order valence-corrected chi connectivity index (χ2v) is 5.48. The van der Waals surface area contributed by atoms with Crippen molar-refractivity contribution in [3.8, 4) is 0 Å². The van der Waals surface area contributed by atoms with Crippen molar-refractivity contribution in [1.29, 1.82) is 0 Å². The number of nitro groups is 1. The minimum absolute atomic E-state index is 0.0343. The molecule has 0 spiro atoms. The van der Waals surface area contributed by atoms with Crippen molar-refractivity contribution in [3.63, 3.8) is 0 Å². The Kier molecular flexibility index (Phi) is 3.62. The van der Waals surface area contributed by atoms with Gasteiger partial charge in [-0.1, -0.05) is 6.07 Å². The highest BCUT2D eigenvalue weighted by atomic mass is 16.6. The lowest BCUT2D eigenvalue weighted by molar-refractivity contribution is -0.384. The highest BCUT2D eigenvalue weighted by Crippen LogP contribution is 2.25. The molecule has 1 aliphatic carbocycles. The maximum Gasteiger partial charge on any atom is 0.271 e. The van der Waals surface area contributed by atoms with E-state index in [9.17, 15) is 14.9 Å². The molecule has 3 rings (SSSR count). The van der Waals surface area contributed by atoms with Crippen molar-refractivity contribution in [2.24, 2.45) is 5.92 Å². The number of anilines is 1. The zero-order chi connectivity index (χ0) is 15.7. The Hall–Kier alpha value is -2.70. The number of non-ortho nitro benzene ring substituents is 1. The van der Waals surface area contributed by atoms with Crippen LogP contribution in [-0.2, 0) is 17.6 Å². The molecule has 0 bridgehead atoms. The Morgan fingerprint density at radius 1 is 1.50 bits per heavy atom. The van der Waals surface area contributed by atoms with E-state index in [1.54, 1.807) is 12.1 Å². The summed E-state index contributed by atoms with van der Waals surface area (Å²) in [7, 11) is 0. The predicted octanol–water partition coefficient (Wildman–Crippen LogP) is 2.37. The number of fused-ring (bicyclic) bond motifs is 1. The van der Waals surface area contributed by atoms with Gasteiger partial charge >= 0.3 is 0 Å². The number of aromatic nitrogens is 2. The van der Waals surface area contributed by atoms with Crippen molar-refractivity contribution in [1.82, 2.24) is 9.97 Å². The van der Waals surface area contributed by atoms with Crippen LogP contribution in [0, 0.1) is 23.0 Å². The summed E-state index contributed by atoms with van der Waals surface area (Å²) in [5.74, 6) is 0.606. The summed E-state index contributed by atoms with van der Waals surface area (Å²) < 4.78 is 0. The lowest BCUT2D eigenvalue weighted by Gasteiger charge is -2.20. The molecule has 1 unspecified atom stereocenters. The second-order valence-electron chi connectivity index (χ2n) is 5.48. The number of benzene rings is 1. The van der Waals surface area contributed by atoms with E-state index in [-0.39, 0.29) is 17.5 Å². The van der Waals surface area contributed by atoms with Crippen LogP contribution < -0.4 is 5.32 Å². The van der Waals surface area contributed by atoms with Crippen LogP contribution in [0.15, 0.2) is 24.3 Å². The molecule has 0 saturated carbocycles. The number of nitro benzene ring substituents is 1. The summed E-state index contributed by atoms with van der Waals surface area (Å²) >= 11 is 0. The molecule has 0 saturated heterocycles. The second kappa shape index (κ2) is 5.59. The zero-order valence-corrected chi connectivity index (χ0v) is 12.1. The third-order valence-electron chi connectivity index (χ3n) is 3.86. The summed E-state index contributed by atoms with van der Waals surface area (Å²) in [6.45, 7) is 1.90. The fourth-order valence-corrected chi connectivity index (χ4v) is 2.79. The van der Waals surface area contributed by atoms with Crippen LogP contribution in [0.4, 0.5) is 11.4 Å². The molecule has 2 aromatic rings. The van der Waals surface area contributed by atoms with Crippen molar-refractivity contribution >= 4 is 17.3 Å². The first-order chi connectivity index (χ1) is 10.5. The molecule has 1 aliphatic rings. The first-order valence-corrected chi connectivity index (χ1v) is 7.12. The van der Waals surface area contributed by atoms with Gasteiger partial charge in [-0.3, -0.25) is 14.9 Å². The molecular formula is C15H16N4O3. The summed E-state index contributed by atoms with van der Waals surface area (Å²) in [6, 6.07) is 5.98. The molecular weight excluding hydrogens is 284 g/mol. The third kappa shape index (κ3) is 2.83. The van der Waals surface area contributed by atoms with Gasteiger partial charge in [0.1, 0.15) is 5.82 Å². The monoisotopic (exact) mass is 300 g/mol. The maximum absolute atomic E-state index is 12.3. The fourth-order valence-electron chi connectivity index (χ4n) is 2.79. The Balaban J connectivity index is 1.70. The number of aromatic amines is 1. The van der Waals surface area contributed by atoms with Crippen LogP contribution in [-0.4, -0.2) is 20.8 Å². The quantitative estimate of drug-likeness (QED) is 0.671. The normalized spacial score (nSPS) is 16.9. The van der Waals surface area contributed by atoms with E-state index in [0.717, 1.165) is 30.1 Å². The van der Waals surface area contributed by atoms with Crippen LogP contribution in [0.1, 0.15) is 23.6 Å². The molecule has 1 amide bonds. The number of nitrogens with zero attached hydrogens (tertiary/aromatic N) is 2. The average Bonchev–Trinajstić information content (AvgIpc) is 2.86. The number of H-pyrrole nitrogens is 1. The number of hydrogen-bond acceptors (Lipinski definition) is 4. The van der Waals surface area contributed by atoms with Gasteiger partial charge < -0.3 is 10.3 Å². The minimum Gasteiger partial charge on any atom is -0.346 e. The molecule has 1 atom stereocenters. The molecule has 1 aromatic heterocycles. The number of nitrogens with one attached hydrogen (secondary N) is 2. The summed E-state index contributed by atoms with van der Waals surface area (Å²) in [5.41, 5.74) is 2.47. The first kappa shape index (κ1) is 14.2. The van der Waals surface area contributed by atoms with Crippen LogP contribution in [0.3, 0.4) is 0 Å². The Bertz CT molecular complexity index is 738. The molecule has 7 nitrogen and oxygen atoms in total. The van der Waals surface area contributed by atoms with Gasteiger partial charge in [-0.15, -0.1) is 0 Å². The van der Waals surface area contributed by atoms with Gasteiger partial charge in [-0.25, -0.2) is 4.98 Å². The Morgan fingerprint density at radius 3 is 3.09 bits per heavy atom. The summed E-state index contributed by atoms with van der Waals surface area (Å²) in [5, 5.41) is 13.5. The smallest absolute Gasteiger partial charge is 0.271 e. The van der Waals surface area contributed by atoms with Gasteiger partial charge in [-0.2, -0.15) is 0 Å². The molecule has 0 fully saturated rings. The average molecular weight is 300 g/mol. The molecule has 7 heteroatoms. The lowest BCUT2D eigenvalue weighted by Crippen LogP contribution is -2.28. The molecule has 0 aliphatic heterocycles. The largest absolute Gasteiger partial charge is 0.346 e. The number of carbonyl (C=O) groups excluding carboxylic acids is 1. The SMILES string of the molecule is Cc1nc2c([nH]1)CC(C(=O)Nc1cccc([N+](=O)[O-])c1)CC2. The fraction of sp³-hybridized carbons (Fsp3) is 0.333. The van der Waals surface area contributed by atoms with Crippen LogP contribution in [0.25, 0.3) is 0 Å². The number of aryl methyl sites for hydroxylation is 2. The van der Waals surface area contributed by atoms with E-state index in [0.29, 0.717) is 12.1 Å². The molecule has 2 N–H and O–H groups in total. The van der Waals surface area contributed by atoms with E-state index in [4.69, 9.17) is 0 Å². The van der Waals surface area contributed by atoms with E-state index in [1.165, 1.54) is 12.1 Å². The van der Waals surface area contributed by atoms with Crippen molar-refractivity contribution in [2.45, 2.75) is 26.2 Å². The van der Waals surface area contributed by atoms with Gasteiger partial charge in [0.2, 0.25) is 5.91 Å². The van der Waals surface area contributed by atoms with E-state index >= 15 is 0 Å². The first-order valence-electron chi connectivity index (χ1n) is 7.12. The predicted molar refractivity (Wildman–Crippen MR) is 80.6 cm³/mol. The number of imidazole rings is 1. The maximum atomic E-state index is 12.3. The van der Waals surface area contributed by atoms with E-state index < -0.39 is 4.92 Å². The Labute approximate surface area is 126 Å². The number of hydrogen-bond donors (Lipinski definition) is 2. The van der Waals surface area contributed by atoms with Crippen molar-refractivity contribution in [3.05, 3.63) is 51.6 Å². The van der Waals surface area contributed by atoms with Gasteiger partial charge in [0.25, 0.3) is 5.69 Å². The zero-order valence-electron chi connectivity index (χ0n) is 12.1. The van der Waals surface area contributed by atoms with Gasteiger partial charge in [0, 0.05) is 35.9 Å². The molecule has 22 heavy (non-hydrogen) atoms. The van der Waals surface area contributed by atoms with Crippen molar-refractivity contribution < 1.29 is 9.72 Å². The highest BCUT2D eigenvalue weighted by molar-refractivity contribution is 5.93. The minimum atomic E-state index is -0.476. The standard InChI is InChI=1S/C15H16N4O3/c1-9-16-13-6-5-10(7-14(13)17-9)15(20)18-11-3-2-4-12(8-11)19(21)22/h2-4,8,10H,5-7H2,1H3,(H,16,17)(H,18,20). The van der Waals surface area contributed by atoms with E-state index in [1.807, 2.05) is 6.92 Å². The number of amides is 1. The van der Waals surface area contributed by atoms with Crippen LogP contribution in [0.2, 0.25) is 0 Å². The lowest BCUT2D eigenvalue weighted by atomic mass is 9.89. The molecule has 114 valence electrons. The third-order valence-corrected chi connectivity index (χ3v) is 3.86. The van der Waals surface area contributed by atoms with Gasteiger partial charge in [0.05, 0.1) is 10.6 Å². The van der Waals surface area contributed by atoms with Gasteiger partial charge in [0.15, 0.2) is 0 Å². The molecule has 1 aromatic carbocycles. The topological polar surface area (TPSA) is 101 Å². The Morgan fingerprint density at radius 2 is 2.32 bits per heavy atom. The highest BCUT2D eigenvalue weighted by Gasteiger charge is 2.27. The summed E-state index contributed by atoms with van der Waals surface area (Å²) in [6.07, 6.45) is 2.13. The van der Waals surface area contributed by atoms with Crippen LogP contribution in [0.5, 0.6) is 0 Å². The summed E-state index contributed by atoms with van der Waals surface area (Å²) in [4.78, 5) is 30.2. The van der Waals surface area contributed by atoms with Crippen LogP contribution >= 0.6 is 0 Å². The number of rotatable bonds is 3. The van der Waals surface area contributed by atoms with E-state index in [2.05, 4.69) is 15.3 Å². The molecule has 0 radical (unpaired) electrons. The van der Waals surface area contributed by atoms with Crippen molar-refractivity contribution in [2.75, 3.05) is 5.32 Å². The van der Waals surface area contributed by atoms with Gasteiger partial charge in [-0.05, 0) is 25.8 Å². The number of carbonyl (C=O) groups is 1. The molecule has 1 heterocycles.